The Balaban J connectivity index is 2.02. The van der Waals surface area contributed by atoms with Crippen molar-refractivity contribution >= 4 is 10.0 Å². The molecule has 22 heavy (non-hydrogen) atoms. The molecule has 0 bridgehead atoms. The van der Waals surface area contributed by atoms with Crippen LogP contribution in [0.25, 0.3) is 0 Å². The summed E-state index contributed by atoms with van der Waals surface area (Å²) in [7, 11) is -4.25. The Bertz CT molecular complexity index is 799. The molecule has 2 aromatic rings. The fourth-order valence-corrected chi connectivity index (χ4v) is 4.02. The summed E-state index contributed by atoms with van der Waals surface area (Å²) in [6, 6.07) is 4.18. The number of hydrogen-bond acceptors (Lipinski definition) is 4. The molecule has 0 saturated heterocycles. The standard InChI is InChI=1S/C13H11F3N2O3S/c14-13(15,16)10-3-1-2-4-12(10)22(19,20)18-6-5-11-9(8-18)7-17-21-11/h1-4,7H,5-6,8H2. The Hall–Kier alpha value is -1.87. The number of rotatable bonds is 2. The fourth-order valence-electron chi connectivity index (χ4n) is 2.38. The van der Waals surface area contributed by atoms with Crippen LogP contribution in [0, 0.1) is 0 Å². The first-order chi connectivity index (χ1) is 10.3. The number of hydrogen-bond donors (Lipinski definition) is 0. The lowest BCUT2D eigenvalue weighted by atomic mass is 10.1. The zero-order valence-electron chi connectivity index (χ0n) is 11.2. The Morgan fingerprint density at radius 3 is 2.68 bits per heavy atom. The maximum absolute atomic E-state index is 13.0. The van der Waals surface area contributed by atoms with Crippen molar-refractivity contribution in [2.45, 2.75) is 24.0 Å². The molecule has 1 aromatic heterocycles. The maximum Gasteiger partial charge on any atom is 0.417 e. The van der Waals surface area contributed by atoms with Crippen LogP contribution in [-0.2, 0) is 29.2 Å². The lowest BCUT2D eigenvalue weighted by molar-refractivity contribution is -0.139. The van der Waals surface area contributed by atoms with Gasteiger partial charge in [0, 0.05) is 25.1 Å². The first-order valence-corrected chi connectivity index (χ1v) is 7.83. The molecule has 2 heterocycles. The lowest BCUT2D eigenvalue weighted by Crippen LogP contribution is -2.36. The smallest absolute Gasteiger partial charge is 0.361 e. The predicted octanol–water partition coefficient (Wildman–Crippen LogP) is 2.44. The third kappa shape index (κ3) is 2.50. The van der Waals surface area contributed by atoms with E-state index in [0.717, 1.165) is 22.5 Å². The van der Waals surface area contributed by atoms with Crippen molar-refractivity contribution in [2.24, 2.45) is 0 Å². The third-order valence-electron chi connectivity index (χ3n) is 3.47. The van der Waals surface area contributed by atoms with Crippen LogP contribution in [-0.4, -0.2) is 24.4 Å². The lowest BCUT2D eigenvalue weighted by Gasteiger charge is -2.26. The Morgan fingerprint density at radius 2 is 1.95 bits per heavy atom. The number of benzene rings is 1. The van der Waals surface area contributed by atoms with E-state index in [0.29, 0.717) is 11.3 Å². The number of sulfonamides is 1. The molecule has 0 radical (unpaired) electrons. The van der Waals surface area contributed by atoms with Gasteiger partial charge in [-0.05, 0) is 12.1 Å². The number of aromatic nitrogens is 1. The Morgan fingerprint density at radius 1 is 1.23 bits per heavy atom. The predicted molar refractivity (Wildman–Crippen MR) is 69.2 cm³/mol. The number of alkyl halides is 3. The van der Waals surface area contributed by atoms with Crippen molar-refractivity contribution in [3.05, 3.63) is 47.3 Å². The summed E-state index contributed by atoms with van der Waals surface area (Å²) < 4.78 is 70.2. The second-order valence-corrected chi connectivity index (χ2v) is 6.76. The van der Waals surface area contributed by atoms with E-state index in [4.69, 9.17) is 4.52 Å². The highest BCUT2D eigenvalue weighted by Crippen LogP contribution is 2.36. The molecule has 3 rings (SSSR count). The number of halogens is 3. The van der Waals surface area contributed by atoms with Gasteiger partial charge in [-0.3, -0.25) is 0 Å². The molecular weight excluding hydrogens is 321 g/mol. The highest BCUT2D eigenvalue weighted by Gasteiger charge is 2.39. The molecule has 0 unspecified atom stereocenters. The molecule has 0 spiro atoms. The first kappa shape index (κ1) is 15.0. The molecule has 0 N–H and O–H groups in total. The molecule has 0 atom stereocenters. The second kappa shape index (κ2) is 5.10. The molecule has 0 saturated carbocycles. The monoisotopic (exact) mass is 332 g/mol. The van der Waals surface area contributed by atoms with Crippen LogP contribution in [0.4, 0.5) is 13.2 Å². The van der Waals surface area contributed by atoms with Crippen LogP contribution >= 0.6 is 0 Å². The highest BCUT2D eigenvalue weighted by molar-refractivity contribution is 7.89. The van der Waals surface area contributed by atoms with E-state index in [1.807, 2.05) is 0 Å². The second-order valence-electron chi connectivity index (χ2n) is 4.86. The summed E-state index contributed by atoms with van der Waals surface area (Å²) in [5.41, 5.74) is -0.592. The quantitative estimate of drug-likeness (QED) is 0.847. The third-order valence-corrected chi connectivity index (χ3v) is 5.38. The van der Waals surface area contributed by atoms with Gasteiger partial charge < -0.3 is 4.52 Å². The van der Waals surface area contributed by atoms with E-state index in [-0.39, 0.29) is 19.5 Å². The van der Waals surface area contributed by atoms with Crippen LogP contribution < -0.4 is 0 Å². The van der Waals surface area contributed by atoms with Gasteiger partial charge in [-0.25, -0.2) is 8.42 Å². The Labute approximate surface area is 124 Å². The summed E-state index contributed by atoms with van der Waals surface area (Å²) in [4.78, 5) is -0.734. The maximum atomic E-state index is 13.0. The van der Waals surface area contributed by atoms with Crippen molar-refractivity contribution in [1.82, 2.24) is 9.46 Å². The van der Waals surface area contributed by atoms with Gasteiger partial charge in [0.25, 0.3) is 0 Å². The van der Waals surface area contributed by atoms with Crippen molar-refractivity contribution in [3.63, 3.8) is 0 Å². The van der Waals surface area contributed by atoms with E-state index >= 15 is 0 Å². The topological polar surface area (TPSA) is 63.4 Å². The minimum Gasteiger partial charge on any atom is -0.361 e. The van der Waals surface area contributed by atoms with Gasteiger partial charge >= 0.3 is 6.18 Å². The largest absolute Gasteiger partial charge is 0.417 e. The summed E-state index contributed by atoms with van der Waals surface area (Å²) in [5, 5.41) is 3.57. The molecule has 118 valence electrons. The van der Waals surface area contributed by atoms with E-state index in [1.54, 1.807) is 0 Å². The average Bonchev–Trinajstić information content (AvgIpc) is 2.93. The zero-order chi connectivity index (χ0) is 16.0. The molecule has 1 aliphatic rings. The van der Waals surface area contributed by atoms with Crippen LogP contribution in [0.2, 0.25) is 0 Å². The van der Waals surface area contributed by atoms with E-state index < -0.39 is 26.7 Å². The van der Waals surface area contributed by atoms with Crippen molar-refractivity contribution < 1.29 is 26.1 Å². The molecule has 9 heteroatoms. The number of nitrogens with zero attached hydrogens (tertiary/aromatic N) is 2. The molecule has 5 nitrogen and oxygen atoms in total. The van der Waals surface area contributed by atoms with Gasteiger partial charge in [0.15, 0.2) is 0 Å². The van der Waals surface area contributed by atoms with Crippen molar-refractivity contribution in [2.75, 3.05) is 6.54 Å². The summed E-state index contributed by atoms with van der Waals surface area (Å²) in [5.74, 6) is 0.565. The first-order valence-electron chi connectivity index (χ1n) is 6.39. The molecule has 1 aliphatic heterocycles. The molecular formula is C13H11F3N2O3S. The van der Waals surface area contributed by atoms with Gasteiger partial charge in [0.2, 0.25) is 10.0 Å². The van der Waals surface area contributed by atoms with Gasteiger partial charge in [0.1, 0.15) is 5.76 Å². The summed E-state index contributed by atoms with van der Waals surface area (Å²) >= 11 is 0. The fraction of sp³-hybridized carbons (Fsp3) is 0.308. The van der Waals surface area contributed by atoms with E-state index in [1.165, 1.54) is 12.3 Å². The number of fused-ring (bicyclic) bond motifs is 1. The van der Waals surface area contributed by atoms with Crippen LogP contribution in [0.15, 0.2) is 39.9 Å². The van der Waals surface area contributed by atoms with Gasteiger partial charge in [-0.2, -0.15) is 17.5 Å². The van der Waals surface area contributed by atoms with Crippen LogP contribution in [0.5, 0.6) is 0 Å². The normalized spacial score (nSPS) is 16.5. The van der Waals surface area contributed by atoms with Gasteiger partial charge in [-0.15, -0.1) is 0 Å². The van der Waals surface area contributed by atoms with Crippen LogP contribution in [0.3, 0.4) is 0 Å². The molecule has 0 fully saturated rings. The summed E-state index contributed by atoms with van der Waals surface area (Å²) in [6.07, 6.45) is -3.07. The van der Waals surface area contributed by atoms with Gasteiger partial charge in [-0.1, -0.05) is 17.3 Å². The van der Waals surface area contributed by atoms with Crippen molar-refractivity contribution in [1.29, 1.82) is 0 Å². The van der Waals surface area contributed by atoms with E-state index in [9.17, 15) is 21.6 Å². The van der Waals surface area contributed by atoms with Crippen LogP contribution in [0.1, 0.15) is 16.9 Å². The molecule has 0 aliphatic carbocycles. The van der Waals surface area contributed by atoms with Crippen molar-refractivity contribution in [3.8, 4) is 0 Å². The SMILES string of the molecule is O=S(=O)(c1ccccc1C(F)(F)F)N1CCc2oncc2C1. The average molecular weight is 332 g/mol. The summed E-state index contributed by atoms with van der Waals surface area (Å²) in [6.45, 7) is 0.00404. The molecule has 1 aromatic carbocycles. The minimum atomic E-state index is -4.73. The Kier molecular flexibility index (Phi) is 3.48. The van der Waals surface area contributed by atoms with Gasteiger partial charge in [0.05, 0.1) is 16.7 Å². The minimum absolute atomic E-state index is 0.0483. The highest BCUT2D eigenvalue weighted by atomic mass is 32.2. The van der Waals surface area contributed by atoms with E-state index in [2.05, 4.69) is 5.16 Å². The zero-order valence-corrected chi connectivity index (χ0v) is 12.0. The molecule has 0 amide bonds.